The standard InChI is InChI=1S/C15H15NO4/c1-20-9-5-6-11-10(7-9)12(15(18)19)14(17)13(16-11)8-3-2-4-8/h5-8,17H,2-4H2,1H3,(H,18,19). The highest BCUT2D eigenvalue weighted by Crippen LogP contribution is 2.42. The maximum absolute atomic E-state index is 11.5. The second kappa shape index (κ2) is 4.67. The number of carboxylic acids is 1. The van der Waals surface area contributed by atoms with Gasteiger partial charge in [0.05, 0.1) is 18.3 Å². The Kier molecular flexibility index (Phi) is 2.97. The molecule has 1 aliphatic rings. The molecule has 0 unspecified atom stereocenters. The molecule has 1 heterocycles. The van der Waals surface area contributed by atoms with Crippen molar-refractivity contribution in [3.8, 4) is 11.5 Å². The Morgan fingerprint density at radius 3 is 2.70 bits per heavy atom. The van der Waals surface area contributed by atoms with Gasteiger partial charge in [-0.05, 0) is 31.0 Å². The van der Waals surface area contributed by atoms with E-state index in [0.29, 0.717) is 22.3 Å². The molecule has 0 atom stereocenters. The van der Waals surface area contributed by atoms with E-state index in [1.165, 1.54) is 7.11 Å². The molecule has 1 aromatic heterocycles. The minimum Gasteiger partial charge on any atom is -0.505 e. The summed E-state index contributed by atoms with van der Waals surface area (Å²) >= 11 is 0. The van der Waals surface area contributed by atoms with Crippen molar-refractivity contribution in [2.24, 2.45) is 0 Å². The molecule has 2 aromatic rings. The van der Waals surface area contributed by atoms with Crippen molar-refractivity contribution in [1.29, 1.82) is 0 Å². The summed E-state index contributed by atoms with van der Waals surface area (Å²) in [5.41, 5.74) is 0.991. The number of carbonyl (C=O) groups is 1. The second-order valence-electron chi connectivity index (χ2n) is 5.04. The largest absolute Gasteiger partial charge is 0.505 e. The molecule has 0 bridgehead atoms. The Hall–Kier alpha value is -2.30. The summed E-state index contributed by atoms with van der Waals surface area (Å²) < 4.78 is 5.10. The van der Waals surface area contributed by atoms with Crippen molar-refractivity contribution in [1.82, 2.24) is 4.98 Å². The number of aromatic hydroxyl groups is 1. The third-order valence-corrected chi connectivity index (χ3v) is 3.90. The summed E-state index contributed by atoms with van der Waals surface area (Å²) in [5.74, 6) is -0.649. The monoisotopic (exact) mass is 273 g/mol. The molecule has 20 heavy (non-hydrogen) atoms. The normalized spacial score (nSPS) is 15.1. The van der Waals surface area contributed by atoms with E-state index >= 15 is 0 Å². The van der Waals surface area contributed by atoms with E-state index in [9.17, 15) is 15.0 Å². The summed E-state index contributed by atoms with van der Waals surface area (Å²) in [6, 6.07) is 5.06. The van der Waals surface area contributed by atoms with Crippen LogP contribution in [0.5, 0.6) is 11.5 Å². The lowest BCUT2D eigenvalue weighted by atomic mass is 9.81. The first kappa shape index (κ1) is 12.7. The molecule has 0 spiro atoms. The van der Waals surface area contributed by atoms with Gasteiger partial charge in [0, 0.05) is 11.3 Å². The van der Waals surface area contributed by atoms with E-state index in [4.69, 9.17) is 4.74 Å². The fourth-order valence-electron chi connectivity index (χ4n) is 2.56. The topological polar surface area (TPSA) is 79.7 Å². The molecule has 5 heteroatoms. The average Bonchev–Trinajstić information content (AvgIpc) is 2.36. The van der Waals surface area contributed by atoms with Gasteiger partial charge in [-0.25, -0.2) is 9.78 Å². The van der Waals surface area contributed by atoms with Crippen LogP contribution in [0.4, 0.5) is 0 Å². The van der Waals surface area contributed by atoms with Gasteiger partial charge in [0.1, 0.15) is 11.3 Å². The van der Waals surface area contributed by atoms with Crippen LogP contribution in [0.3, 0.4) is 0 Å². The third-order valence-electron chi connectivity index (χ3n) is 3.90. The van der Waals surface area contributed by atoms with Crippen LogP contribution in [-0.4, -0.2) is 28.3 Å². The smallest absolute Gasteiger partial charge is 0.340 e. The van der Waals surface area contributed by atoms with Crippen LogP contribution < -0.4 is 4.74 Å². The quantitative estimate of drug-likeness (QED) is 0.898. The fraction of sp³-hybridized carbons (Fsp3) is 0.333. The first-order valence-corrected chi connectivity index (χ1v) is 6.55. The summed E-state index contributed by atoms with van der Waals surface area (Å²) in [6.45, 7) is 0. The van der Waals surface area contributed by atoms with Crippen molar-refractivity contribution in [2.45, 2.75) is 25.2 Å². The van der Waals surface area contributed by atoms with Crippen LogP contribution in [0.2, 0.25) is 0 Å². The number of hydrogen-bond donors (Lipinski definition) is 2. The lowest BCUT2D eigenvalue weighted by Gasteiger charge is -2.26. The van der Waals surface area contributed by atoms with Gasteiger partial charge < -0.3 is 14.9 Å². The zero-order valence-corrected chi connectivity index (χ0v) is 11.1. The number of carboxylic acid groups (broad SMARTS) is 1. The van der Waals surface area contributed by atoms with Crippen molar-refractivity contribution in [2.75, 3.05) is 7.11 Å². The Bertz CT molecular complexity index is 692. The summed E-state index contributed by atoms with van der Waals surface area (Å²) in [4.78, 5) is 15.9. The zero-order chi connectivity index (χ0) is 14.3. The predicted octanol–water partition coefficient (Wildman–Crippen LogP) is 2.91. The Labute approximate surface area is 115 Å². The molecular formula is C15H15NO4. The predicted molar refractivity (Wildman–Crippen MR) is 73.5 cm³/mol. The highest BCUT2D eigenvalue weighted by atomic mass is 16.5. The van der Waals surface area contributed by atoms with Gasteiger partial charge in [0.15, 0.2) is 5.75 Å². The maximum Gasteiger partial charge on any atom is 0.340 e. The second-order valence-corrected chi connectivity index (χ2v) is 5.04. The van der Waals surface area contributed by atoms with Gasteiger partial charge in [-0.1, -0.05) is 6.42 Å². The molecule has 0 aliphatic heterocycles. The number of ether oxygens (including phenoxy) is 1. The van der Waals surface area contributed by atoms with Crippen molar-refractivity contribution in [3.05, 3.63) is 29.5 Å². The summed E-state index contributed by atoms with van der Waals surface area (Å²) in [5, 5.41) is 20.1. The van der Waals surface area contributed by atoms with Gasteiger partial charge in [-0.3, -0.25) is 0 Å². The van der Waals surface area contributed by atoms with Gasteiger partial charge >= 0.3 is 5.97 Å². The lowest BCUT2D eigenvalue weighted by molar-refractivity contribution is 0.0695. The van der Waals surface area contributed by atoms with E-state index in [1.807, 2.05) is 0 Å². The zero-order valence-electron chi connectivity index (χ0n) is 11.1. The van der Waals surface area contributed by atoms with E-state index in [1.54, 1.807) is 18.2 Å². The lowest BCUT2D eigenvalue weighted by Crippen LogP contribution is -2.13. The molecule has 104 valence electrons. The minimum atomic E-state index is -1.15. The maximum atomic E-state index is 11.5. The molecule has 1 fully saturated rings. The van der Waals surface area contributed by atoms with Crippen LogP contribution >= 0.6 is 0 Å². The van der Waals surface area contributed by atoms with Crippen LogP contribution in [0, 0.1) is 0 Å². The van der Waals surface area contributed by atoms with Crippen LogP contribution in [-0.2, 0) is 0 Å². The molecule has 1 aliphatic carbocycles. The van der Waals surface area contributed by atoms with Crippen LogP contribution in [0.25, 0.3) is 10.9 Å². The van der Waals surface area contributed by atoms with Crippen molar-refractivity contribution >= 4 is 16.9 Å². The number of benzene rings is 1. The molecule has 0 saturated heterocycles. The number of methoxy groups -OCH3 is 1. The first-order chi connectivity index (χ1) is 9.61. The molecule has 5 nitrogen and oxygen atoms in total. The van der Waals surface area contributed by atoms with Crippen LogP contribution in [0.15, 0.2) is 18.2 Å². The Morgan fingerprint density at radius 1 is 1.40 bits per heavy atom. The first-order valence-electron chi connectivity index (χ1n) is 6.55. The summed E-state index contributed by atoms with van der Waals surface area (Å²) in [7, 11) is 1.51. The number of aromatic nitrogens is 1. The number of pyridine rings is 1. The van der Waals surface area contributed by atoms with E-state index in [0.717, 1.165) is 19.3 Å². The number of nitrogens with zero attached hydrogens (tertiary/aromatic N) is 1. The van der Waals surface area contributed by atoms with E-state index in [-0.39, 0.29) is 17.2 Å². The molecule has 0 radical (unpaired) electrons. The van der Waals surface area contributed by atoms with Gasteiger partial charge in [0.25, 0.3) is 0 Å². The number of aromatic carboxylic acids is 1. The molecule has 1 saturated carbocycles. The highest BCUT2D eigenvalue weighted by molar-refractivity contribution is 6.05. The Morgan fingerprint density at radius 2 is 2.15 bits per heavy atom. The fourth-order valence-corrected chi connectivity index (χ4v) is 2.56. The highest BCUT2D eigenvalue weighted by Gasteiger charge is 2.28. The van der Waals surface area contributed by atoms with Crippen LogP contribution in [0.1, 0.15) is 41.2 Å². The number of fused-ring (bicyclic) bond motifs is 1. The van der Waals surface area contributed by atoms with E-state index < -0.39 is 5.97 Å². The molecule has 2 N–H and O–H groups in total. The SMILES string of the molecule is COc1ccc2nc(C3CCC3)c(O)c(C(=O)O)c2c1. The van der Waals surface area contributed by atoms with E-state index in [2.05, 4.69) is 4.98 Å². The molecular weight excluding hydrogens is 258 g/mol. The summed E-state index contributed by atoms with van der Waals surface area (Å²) in [6.07, 6.45) is 2.98. The van der Waals surface area contributed by atoms with Gasteiger partial charge in [-0.15, -0.1) is 0 Å². The number of hydrogen-bond acceptors (Lipinski definition) is 4. The Balaban J connectivity index is 2.30. The molecule has 0 amide bonds. The molecule has 3 rings (SSSR count). The molecule has 1 aromatic carbocycles. The van der Waals surface area contributed by atoms with Crippen molar-refractivity contribution in [3.63, 3.8) is 0 Å². The number of rotatable bonds is 3. The third kappa shape index (κ3) is 1.86. The van der Waals surface area contributed by atoms with Gasteiger partial charge in [-0.2, -0.15) is 0 Å². The van der Waals surface area contributed by atoms with Crippen molar-refractivity contribution < 1.29 is 19.7 Å². The minimum absolute atomic E-state index is 0.0872. The average molecular weight is 273 g/mol. The van der Waals surface area contributed by atoms with Gasteiger partial charge in [0.2, 0.25) is 0 Å².